The maximum Gasteiger partial charge on any atom is 0.120 e. The van der Waals surface area contributed by atoms with Gasteiger partial charge in [0.15, 0.2) is 0 Å². The van der Waals surface area contributed by atoms with Gasteiger partial charge in [-0.2, -0.15) is 5.26 Å². The minimum absolute atomic E-state index is 0.727. The summed E-state index contributed by atoms with van der Waals surface area (Å²) in [6.45, 7) is 6.51. The van der Waals surface area contributed by atoms with Gasteiger partial charge >= 0.3 is 0 Å². The monoisotopic (exact) mass is 261 g/mol. The zero-order valence-electron chi connectivity index (χ0n) is 12.6. The number of aromatic nitrogens is 1. The molecule has 0 saturated heterocycles. The van der Waals surface area contributed by atoms with Crippen LogP contribution in [0.1, 0.15) is 57.2 Å². The molecule has 0 spiro atoms. The number of nitrogens with one attached hydrogen (secondary N) is 1. The largest absolute Gasteiger partial charge is 0.342 e. The first-order chi connectivity index (χ1) is 9.13. The topological polar surface area (TPSA) is 40.8 Å². The summed E-state index contributed by atoms with van der Waals surface area (Å²) < 4.78 is 1.88. The van der Waals surface area contributed by atoms with Gasteiger partial charge in [-0.3, -0.25) is 0 Å². The SMILES string of the molecule is CC(C)CCCCCCNCc1cc(C#N)n(C)c1. The molecule has 0 atom stereocenters. The molecule has 0 saturated carbocycles. The summed E-state index contributed by atoms with van der Waals surface area (Å²) in [5.74, 6) is 0.838. The van der Waals surface area contributed by atoms with Gasteiger partial charge in [0, 0.05) is 19.8 Å². The lowest BCUT2D eigenvalue weighted by molar-refractivity contribution is 0.512. The summed E-state index contributed by atoms with van der Waals surface area (Å²) in [7, 11) is 1.91. The molecule has 0 aliphatic heterocycles. The Kier molecular flexibility index (Phi) is 7.28. The minimum atomic E-state index is 0.727. The molecule has 1 rings (SSSR count). The van der Waals surface area contributed by atoms with Gasteiger partial charge in [0.05, 0.1) is 0 Å². The fourth-order valence-electron chi connectivity index (χ4n) is 2.23. The first kappa shape index (κ1) is 15.8. The standard InChI is InChI=1S/C16H27N3/c1-14(2)8-6-4-5-7-9-18-12-15-10-16(11-17)19(3)13-15/h10,13-14,18H,4-9,12H2,1-3H3. The zero-order valence-corrected chi connectivity index (χ0v) is 12.6. The Morgan fingerprint density at radius 3 is 2.63 bits per heavy atom. The lowest BCUT2D eigenvalue weighted by atomic mass is 10.0. The fraction of sp³-hybridized carbons (Fsp3) is 0.688. The van der Waals surface area contributed by atoms with Crippen LogP contribution in [0, 0.1) is 17.2 Å². The van der Waals surface area contributed by atoms with E-state index in [9.17, 15) is 0 Å². The lowest BCUT2D eigenvalue weighted by Gasteiger charge is -2.05. The van der Waals surface area contributed by atoms with Crippen LogP contribution < -0.4 is 5.32 Å². The quantitative estimate of drug-likeness (QED) is 0.690. The molecule has 1 N–H and O–H groups in total. The van der Waals surface area contributed by atoms with E-state index in [-0.39, 0.29) is 0 Å². The third-order valence-electron chi connectivity index (χ3n) is 3.39. The smallest absolute Gasteiger partial charge is 0.120 e. The molecule has 0 aliphatic rings. The molecular formula is C16H27N3. The van der Waals surface area contributed by atoms with Gasteiger partial charge in [0.1, 0.15) is 11.8 Å². The Bertz CT molecular complexity index is 399. The summed E-state index contributed by atoms with van der Waals surface area (Å²) >= 11 is 0. The number of aryl methyl sites for hydroxylation is 1. The minimum Gasteiger partial charge on any atom is -0.342 e. The molecule has 0 bridgehead atoms. The normalized spacial score (nSPS) is 10.9. The molecule has 3 heteroatoms. The molecule has 0 aromatic carbocycles. The van der Waals surface area contributed by atoms with Crippen LogP contribution in [0.25, 0.3) is 0 Å². The van der Waals surface area contributed by atoms with Crippen LogP contribution in [-0.2, 0) is 13.6 Å². The van der Waals surface area contributed by atoms with Crippen LogP contribution in [0.15, 0.2) is 12.3 Å². The van der Waals surface area contributed by atoms with Crippen molar-refractivity contribution >= 4 is 0 Å². The van der Waals surface area contributed by atoms with E-state index in [1.54, 1.807) is 0 Å². The van der Waals surface area contributed by atoms with Crippen LogP contribution in [0.4, 0.5) is 0 Å². The van der Waals surface area contributed by atoms with Crippen molar-refractivity contribution in [1.29, 1.82) is 5.26 Å². The van der Waals surface area contributed by atoms with Gasteiger partial charge in [-0.25, -0.2) is 0 Å². The average molecular weight is 261 g/mol. The summed E-state index contributed by atoms with van der Waals surface area (Å²) in [5, 5.41) is 12.3. The number of unbranched alkanes of at least 4 members (excludes halogenated alkanes) is 3. The van der Waals surface area contributed by atoms with Crippen molar-refractivity contribution in [3.05, 3.63) is 23.5 Å². The van der Waals surface area contributed by atoms with Crippen LogP contribution in [0.3, 0.4) is 0 Å². The Balaban J connectivity index is 2.03. The summed E-state index contributed by atoms with van der Waals surface area (Å²) in [5.41, 5.74) is 1.92. The molecule has 0 unspecified atom stereocenters. The molecule has 0 radical (unpaired) electrons. The molecule has 0 amide bonds. The summed E-state index contributed by atoms with van der Waals surface area (Å²) in [4.78, 5) is 0. The van der Waals surface area contributed by atoms with Crippen molar-refractivity contribution in [3.63, 3.8) is 0 Å². The summed E-state index contributed by atoms with van der Waals surface area (Å²) in [6.07, 6.45) is 8.65. The molecule has 1 heterocycles. The lowest BCUT2D eigenvalue weighted by Crippen LogP contribution is -2.14. The van der Waals surface area contributed by atoms with Crippen molar-refractivity contribution in [2.45, 2.75) is 52.5 Å². The van der Waals surface area contributed by atoms with Crippen LogP contribution in [0.2, 0.25) is 0 Å². The van der Waals surface area contributed by atoms with Crippen LogP contribution in [-0.4, -0.2) is 11.1 Å². The van der Waals surface area contributed by atoms with E-state index in [2.05, 4.69) is 25.2 Å². The molecule has 106 valence electrons. The van der Waals surface area contributed by atoms with E-state index in [0.717, 1.165) is 24.7 Å². The van der Waals surface area contributed by atoms with Gasteiger partial charge in [-0.15, -0.1) is 0 Å². The van der Waals surface area contributed by atoms with Crippen molar-refractivity contribution in [2.75, 3.05) is 6.54 Å². The number of rotatable bonds is 9. The van der Waals surface area contributed by atoms with Crippen molar-refractivity contribution in [2.24, 2.45) is 13.0 Å². The maximum absolute atomic E-state index is 8.87. The van der Waals surface area contributed by atoms with E-state index in [1.807, 2.05) is 23.9 Å². The maximum atomic E-state index is 8.87. The number of nitrogens with zero attached hydrogens (tertiary/aromatic N) is 2. The molecule has 3 nitrogen and oxygen atoms in total. The van der Waals surface area contributed by atoms with Gasteiger partial charge in [0.2, 0.25) is 0 Å². The van der Waals surface area contributed by atoms with Crippen molar-refractivity contribution in [3.8, 4) is 6.07 Å². The van der Waals surface area contributed by atoms with Crippen molar-refractivity contribution < 1.29 is 0 Å². The average Bonchev–Trinajstić information content (AvgIpc) is 2.72. The van der Waals surface area contributed by atoms with E-state index in [1.165, 1.54) is 37.7 Å². The Labute approximate surface area is 117 Å². The van der Waals surface area contributed by atoms with E-state index >= 15 is 0 Å². The van der Waals surface area contributed by atoms with Crippen LogP contribution >= 0.6 is 0 Å². The molecule has 19 heavy (non-hydrogen) atoms. The fourth-order valence-corrected chi connectivity index (χ4v) is 2.23. The zero-order chi connectivity index (χ0) is 14.1. The van der Waals surface area contributed by atoms with E-state index in [4.69, 9.17) is 5.26 Å². The molecular weight excluding hydrogens is 234 g/mol. The second kappa shape index (κ2) is 8.77. The first-order valence-corrected chi connectivity index (χ1v) is 7.39. The van der Waals surface area contributed by atoms with E-state index in [0.29, 0.717) is 0 Å². The predicted octanol–water partition coefficient (Wildman–Crippen LogP) is 3.59. The highest BCUT2D eigenvalue weighted by molar-refractivity contribution is 5.28. The van der Waals surface area contributed by atoms with E-state index < -0.39 is 0 Å². The summed E-state index contributed by atoms with van der Waals surface area (Å²) in [6, 6.07) is 4.14. The molecule has 1 aromatic rings. The Morgan fingerprint density at radius 2 is 2.00 bits per heavy atom. The highest BCUT2D eigenvalue weighted by Crippen LogP contribution is 2.09. The van der Waals surface area contributed by atoms with Gasteiger partial charge in [-0.05, 0) is 30.5 Å². The third-order valence-corrected chi connectivity index (χ3v) is 3.39. The van der Waals surface area contributed by atoms with Gasteiger partial charge in [-0.1, -0.05) is 39.5 Å². The molecule has 1 aromatic heterocycles. The van der Waals surface area contributed by atoms with Gasteiger partial charge < -0.3 is 9.88 Å². The number of hydrogen-bond donors (Lipinski definition) is 1. The Morgan fingerprint density at radius 1 is 1.26 bits per heavy atom. The highest BCUT2D eigenvalue weighted by Gasteiger charge is 2.01. The Hall–Kier alpha value is -1.27. The molecule has 0 aliphatic carbocycles. The first-order valence-electron chi connectivity index (χ1n) is 7.39. The van der Waals surface area contributed by atoms with Crippen LogP contribution in [0.5, 0.6) is 0 Å². The predicted molar refractivity (Wildman–Crippen MR) is 79.8 cm³/mol. The number of hydrogen-bond acceptors (Lipinski definition) is 2. The van der Waals surface area contributed by atoms with Gasteiger partial charge in [0.25, 0.3) is 0 Å². The highest BCUT2D eigenvalue weighted by atomic mass is 14.9. The number of nitriles is 1. The second-order valence-electron chi connectivity index (χ2n) is 5.73. The van der Waals surface area contributed by atoms with Crippen molar-refractivity contribution in [1.82, 2.24) is 9.88 Å². The third kappa shape index (κ3) is 6.45. The molecule has 0 fully saturated rings. The second-order valence-corrected chi connectivity index (χ2v) is 5.73.